The minimum Gasteiger partial charge on any atom is -0.493 e. The number of rotatable bonds is 5. The summed E-state index contributed by atoms with van der Waals surface area (Å²) in [5.41, 5.74) is 1.93. The largest absolute Gasteiger partial charge is 0.493 e. The number of fused-ring (bicyclic) bond motifs is 1. The normalized spacial score (nSPS) is 22.6. The minimum atomic E-state index is -5.08. The first-order chi connectivity index (χ1) is 17.5. The van der Waals surface area contributed by atoms with E-state index in [1.54, 1.807) is 7.05 Å². The van der Waals surface area contributed by atoms with Crippen molar-refractivity contribution in [3.63, 3.8) is 0 Å². The monoisotopic (exact) mass is 527 g/mol. The maximum Gasteiger partial charge on any atom is 0.490 e. The van der Waals surface area contributed by atoms with Crippen LogP contribution in [0.25, 0.3) is 0 Å². The van der Waals surface area contributed by atoms with Gasteiger partial charge in [-0.15, -0.1) is 0 Å². The highest BCUT2D eigenvalue weighted by atomic mass is 19.4. The molecule has 0 bridgehead atoms. The van der Waals surface area contributed by atoms with Gasteiger partial charge in [-0.05, 0) is 48.8 Å². The molecule has 3 aliphatic heterocycles. The third-order valence-electron chi connectivity index (χ3n) is 7.10. The zero-order chi connectivity index (χ0) is 26.8. The molecule has 1 spiro atoms. The molecule has 1 aliphatic carbocycles. The highest BCUT2D eigenvalue weighted by Crippen LogP contribution is 2.36. The molecule has 3 heterocycles. The molecule has 4 aliphatic rings. The molecule has 0 aromatic heterocycles. The predicted octanol–water partition coefficient (Wildman–Crippen LogP) is 1.63. The highest BCUT2D eigenvalue weighted by molar-refractivity contribution is 5.82. The van der Waals surface area contributed by atoms with Crippen LogP contribution in [0.2, 0.25) is 0 Å². The molecular formula is C25H32F3N3O6. The summed E-state index contributed by atoms with van der Waals surface area (Å²) in [6, 6.07) is 5.89. The molecule has 0 radical (unpaired) electrons. The number of hydrogen-bond donors (Lipinski definition) is 2. The van der Waals surface area contributed by atoms with Crippen LogP contribution in [0.15, 0.2) is 18.2 Å². The average molecular weight is 528 g/mol. The van der Waals surface area contributed by atoms with E-state index in [2.05, 4.69) is 16.3 Å². The molecule has 2 saturated heterocycles. The van der Waals surface area contributed by atoms with Crippen LogP contribution in [0.5, 0.6) is 5.75 Å². The minimum absolute atomic E-state index is 0.0224. The van der Waals surface area contributed by atoms with Gasteiger partial charge in [0.1, 0.15) is 17.4 Å². The molecule has 204 valence electrons. The number of likely N-dealkylation sites (N-methyl/N-ethyl adjacent to an activating group) is 1. The Hall–Kier alpha value is -2.86. The molecule has 1 unspecified atom stereocenters. The number of morpholine rings is 1. The van der Waals surface area contributed by atoms with Crippen molar-refractivity contribution in [1.29, 1.82) is 0 Å². The summed E-state index contributed by atoms with van der Waals surface area (Å²) < 4.78 is 43.6. The standard InChI is InChI=1S/C23H31N3O4.C2HF3O2/c1-24-22(28)19-12-30-23(13-25(19)11-16-4-5-16)14-26(15-23)21(27)10-17-6-7-20-18(9-17)3-2-8-29-20;3-2(4,5)1(6)7/h6-7,9,16,19H,2-5,8,10-15H2,1H3,(H,24,28);(H,6,7). The third-order valence-corrected chi connectivity index (χ3v) is 7.10. The summed E-state index contributed by atoms with van der Waals surface area (Å²) in [5, 5.41) is 9.89. The fourth-order valence-electron chi connectivity index (χ4n) is 4.95. The van der Waals surface area contributed by atoms with Crippen molar-refractivity contribution >= 4 is 17.8 Å². The van der Waals surface area contributed by atoms with Gasteiger partial charge in [0, 0.05) is 20.1 Å². The second-order valence-corrected chi connectivity index (χ2v) is 10.1. The van der Waals surface area contributed by atoms with Crippen LogP contribution in [-0.4, -0.2) is 96.9 Å². The first-order valence-corrected chi connectivity index (χ1v) is 12.4. The lowest BCUT2D eigenvalue weighted by atomic mass is 9.89. The third kappa shape index (κ3) is 6.72. The fraction of sp³-hybridized carbons (Fsp3) is 0.640. The Bertz CT molecular complexity index is 1020. The number of benzene rings is 1. The first-order valence-electron chi connectivity index (χ1n) is 12.4. The molecule has 2 amide bonds. The predicted molar refractivity (Wildman–Crippen MR) is 125 cm³/mol. The molecule has 3 fully saturated rings. The van der Waals surface area contributed by atoms with Crippen molar-refractivity contribution in [2.45, 2.75) is 49.9 Å². The molecule has 9 nitrogen and oxygen atoms in total. The Kier molecular flexibility index (Phi) is 7.98. The van der Waals surface area contributed by atoms with Crippen molar-refractivity contribution in [2.75, 3.05) is 46.4 Å². The van der Waals surface area contributed by atoms with Crippen LogP contribution < -0.4 is 10.1 Å². The maximum absolute atomic E-state index is 12.8. The average Bonchev–Trinajstić information content (AvgIpc) is 3.65. The van der Waals surface area contributed by atoms with Gasteiger partial charge >= 0.3 is 12.1 Å². The number of amides is 2. The van der Waals surface area contributed by atoms with Crippen LogP contribution in [0.1, 0.15) is 30.4 Å². The molecule has 1 saturated carbocycles. The Balaban J connectivity index is 0.000000405. The van der Waals surface area contributed by atoms with Crippen molar-refractivity contribution in [3.05, 3.63) is 29.3 Å². The van der Waals surface area contributed by atoms with E-state index in [1.807, 2.05) is 17.0 Å². The zero-order valence-electron chi connectivity index (χ0n) is 20.7. The topological polar surface area (TPSA) is 108 Å². The van der Waals surface area contributed by atoms with Crippen molar-refractivity contribution in [2.24, 2.45) is 5.92 Å². The SMILES string of the molecule is CNC(=O)C1COC2(CN(C(=O)Cc3ccc4c(c3)CCCO4)C2)CN1CC1CC1.O=C(O)C(F)(F)F. The van der Waals surface area contributed by atoms with Gasteiger partial charge in [0.25, 0.3) is 0 Å². The second-order valence-electron chi connectivity index (χ2n) is 10.1. The summed E-state index contributed by atoms with van der Waals surface area (Å²) in [6.45, 7) is 4.08. The molecule has 1 aromatic carbocycles. The molecule has 5 rings (SSSR count). The van der Waals surface area contributed by atoms with Crippen molar-refractivity contribution < 1.29 is 42.1 Å². The van der Waals surface area contributed by atoms with E-state index in [4.69, 9.17) is 19.4 Å². The molecular weight excluding hydrogens is 495 g/mol. The number of likely N-dealkylation sites (tertiary alicyclic amines) is 1. The summed E-state index contributed by atoms with van der Waals surface area (Å²) in [6.07, 6.45) is -0.120. The number of carboxylic acids is 1. The second kappa shape index (κ2) is 10.9. The van der Waals surface area contributed by atoms with Gasteiger partial charge in [-0.1, -0.05) is 12.1 Å². The first kappa shape index (κ1) is 27.2. The Labute approximate surface area is 212 Å². The number of aliphatic carboxylic acids is 1. The number of nitrogens with zero attached hydrogens (tertiary/aromatic N) is 2. The summed E-state index contributed by atoms with van der Waals surface area (Å²) >= 11 is 0. The number of halogens is 3. The van der Waals surface area contributed by atoms with Crippen LogP contribution in [0, 0.1) is 5.92 Å². The van der Waals surface area contributed by atoms with Crippen molar-refractivity contribution in [3.8, 4) is 5.75 Å². The number of carboxylic acid groups (broad SMARTS) is 1. The van der Waals surface area contributed by atoms with E-state index in [0.29, 0.717) is 32.0 Å². The quantitative estimate of drug-likeness (QED) is 0.599. The number of aryl methyl sites for hydroxylation is 1. The van der Waals surface area contributed by atoms with Gasteiger partial charge in [-0.3, -0.25) is 14.5 Å². The van der Waals surface area contributed by atoms with Crippen LogP contribution >= 0.6 is 0 Å². The number of alkyl halides is 3. The molecule has 12 heteroatoms. The number of nitrogens with one attached hydrogen (secondary N) is 1. The summed E-state index contributed by atoms with van der Waals surface area (Å²) in [5.74, 6) is -0.930. The number of carbonyl (C=O) groups is 3. The Morgan fingerprint density at radius 3 is 2.51 bits per heavy atom. The number of hydrogen-bond acceptors (Lipinski definition) is 6. The lowest BCUT2D eigenvalue weighted by Crippen LogP contribution is -2.73. The van der Waals surface area contributed by atoms with E-state index < -0.39 is 12.1 Å². The maximum atomic E-state index is 12.8. The van der Waals surface area contributed by atoms with E-state index in [-0.39, 0.29) is 23.5 Å². The van der Waals surface area contributed by atoms with Crippen LogP contribution in [-0.2, 0) is 32.0 Å². The smallest absolute Gasteiger partial charge is 0.490 e. The van der Waals surface area contributed by atoms with E-state index in [9.17, 15) is 22.8 Å². The fourth-order valence-corrected chi connectivity index (χ4v) is 4.95. The number of ether oxygens (including phenoxy) is 2. The van der Waals surface area contributed by atoms with Crippen LogP contribution in [0.3, 0.4) is 0 Å². The number of carbonyl (C=O) groups excluding carboxylic acids is 2. The Morgan fingerprint density at radius 2 is 1.89 bits per heavy atom. The van der Waals surface area contributed by atoms with Crippen molar-refractivity contribution in [1.82, 2.24) is 15.1 Å². The van der Waals surface area contributed by atoms with E-state index in [0.717, 1.165) is 43.9 Å². The molecule has 2 N–H and O–H groups in total. The lowest BCUT2D eigenvalue weighted by molar-refractivity contribution is -0.204. The Morgan fingerprint density at radius 1 is 1.19 bits per heavy atom. The summed E-state index contributed by atoms with van der Waals surface area (Å²) in [4.78, 5) is 38.2. The van der Waals surface area contributed by atoms with Crippen LogP contribution in [0.4, 0.5) is 13.2 Å². The van der Waals surface area contributed by atoms with Gasteiger partial charge in [-0.25, -0.2) is 4.79 Å². The van der Waals surface area contributed by atoms with Gasteiger partial charge in [0.15, 0.2) is 0 Å². The molecule has 1 atom stereocenters. The van der Waals surface area contributed by atoms with E-state index >= 15 is 0 Å². The molecule has 1 aromatic rings. The van der Waals surface area contributed by atoms with Gasteiger partial charge in [0.05, 0.1) is 32.7 Å². The zero-order valence-corrected chi connectivity index (χ0v) is 20.7. The van der Waals surface area contributed by atoms with Gasteiger partial charge < -0.3 is 24.8 Å². The highest BCUT2D eigenvalue weighted by Gasteiger charge is 2.52. The van der Waals surface area contributed by atoms with Gasteiger partial charge in [-0.2, -0.15) is 13.2 Å². The molecule has 37 heavy (non-hydrogen) atoms. The lowest BCUT2D eigenvalue weighted by Gasteiger charge is -2.55. The van der Waals surface area contributed by atoms with Gasteiger partial charge in [0.2, 0.25) is 11.8 Å². The summed E-state index contributed by atoms with van der Waals surface area (Å²) in [7, 11) is 1.68. The van der Waals surface area contributed by atoms with E-state index in [1.165, 1.54) is 18.4 Å².